The number of hydroxylamine groups is 2. The molecule has 9 N–H and O–H groups in total. The number of unbranched alkanes of at least 4 members (excludes halogenated alkanes) is 1. The molecule has 12 unspecified atom stereocenters. The summed E-state index contributed by atoms with van der Waals surface area (Å²) in [6.07, 6.45) is -1.11. The molecule has 2 aliphatic rings. The second-order valence-electron chi connectivity index (χ2n) is 26.0. The highest BCUT2D eigenvalue weighted by molar-refractivity contribution is 6.02. The Hall–Kier alpha value is -8.24. The van der Waals surface area contributed by atoms with E-state index < -0.39 is 144 Å². The van der Waals surface area contributed by atoms with Crippen molar-refractivity contribution >= 4 is 76.9 Å². The lowest BCUT2D eigenvalue weighted by Gasteiger charge is -2.41. The van der Waals surface area contributed by atoms with Crippen LogP contribution >= 0.6 is 0 Å². The molecule has 2 aromatic carbocycles. The molecule has 0 spiro atoms. The quantitative estimate of drug-likeness (QED) is 0.0332. The third-order valence-corrected chi connectivity index (χ3v) is 17.8. The Bertz CT molecular complexity index is 2940. The number of primary amides is 1. The third-order valence-electron chi connectivity index (χ3n) is 17.8. The molecule has 12 atom stereocenters. The molecule has 2 aromatic rings. The van der Waals surface area contributed by atoms with Crippen LogP contribution in [0.1, 0.15) is 164 Å². The highest BCUT2D eigenvalue weighted by Gasteiger charge is 2.44. The van der Waals surface area contributed by atoms with Crippen LogP contribution in [0.5, 0.6) is 0 Å². The van der Waals surface area contributed by atoms with Gasteiger partial charge in [0, 0.05) is 72.8 Å². The van der Waals surface area contributed by atoms with Gasteiger partial charge in [-0.05, 0) is 92.4 Å². The van der Waals surface area contributed by atoms with Crippen molar-refractivity contribution < 1.29 is 81.7 Å². The summed E-state index contributed by atoms with van der Waals surface area (Å²) in [6.45, 7) is 18.2. The number of ether oxygens (including phenoxy) is 3. The maximum atomic E-state index is 14.8. The number of aliphatic hydroxyl groups excluding tert-OH is 1. The molecular formula is C68H105N11O17. The van der Waals surface area contributed by atoms with Crippen molar-refractivity contribution in [3.05, 3.63) is 65.7 Å². The lowest BCUT2D eigenvalue weighted by atomic mass is 9.89. The van der Waals surface area contributed by atoms with Crippen LogP contribution in [0.3, 0.4) is 0 Å². The highest BCUT2D eigenvalue weighted by Crippen LogP contribution is 2.31. The van der Waals surface area contributed by atoms with Crippen LogP contribution in [0.2, 0.25) is 0 Å². The predicted molar refractivity (Wildman–Crippen MR) is 355 cm³/mol. The average Bonchev–Trinajstić information content (AvgIpc) is 1.84. The first kappa shape index (κ1) is 80.2. The number of likely N-dealkylation sites (N-methyl/N-ethyl adjacent to an activating group) is 2. The first-order valence-corrected chi connectivity index (χ1v) is 33.3. The van der Waals surface area contributed by atoms with Crippen molar-refractivity contribution in [1.29, 1.82) is 0 Å². The van der Waals surface area contributed by atoms with Gasteiger partial charge >= 0.3 is 18.1 Å². The van der Waals surface area contributed by atoms with Gasteiger partial charge in [0.05, 0.1) is 48.8 Å². The second-order valence-corrected chi connectivity index (χ2v) is 26.0. The number of nitrogens with zero attached hydrogens (tertiary/aromatic N) is 4. The Balaban J connectivity index is 1.37. The maximum absolute atomic E-state index is 14.8. The lowest BCUT2D eigenvalue weighted by Crippen LogP contribution is -2.60. The number of anilines is 1. The number of likely N-dealkylation sites (tertiary alicyclic amines) is 1. The standard InChI is InChI=1S/C68H105N11O17/c1-15-42(8)59(50(93-13)37-54(83)78-36-22-26-49(78)61(94-14)43(9)62(86)71-44(10)60(85)46-23-17-16-18-24-46)76(11)66(90)57(40(4)5)75-65(89)58(41(6)7)77(12)68(92)95-38-45-29-31-47(32-30-45)72-63(87)48(25-21-35-70-67(69)91)73-64(88)56(39(2)3)74-51(80)27-19-20-28-55(84)96-79-52(81)33-34-53(79)82/h16-18,23-24,29-32,39-44,48-50,56-61,85H,15,19-22,25-28,33-38H2,1-14H3,(H,71,86)(H,72,87)(H,73,88)(H,74,80)(H,75,89)(H3,69,70,91). The van der Waals surface area contributed by atoms with Gasteiger partial charge in [0.1, 0.15) is 30.8 Å². The van der Waals surface area contributed by atoms with E-state index in [2.05, 4.69) is 31.9 Å². The molecule has 28 nitrogen and oxygen atoms in total. The van der Waals surface area contributed by atoms with Crippen molar-refractivity contribution in [3.63, 3.8) is 0 Å². The zero-order chi connectivity index (χ0) is 71.7. The van der Waals surface area contributed by atoms with Gasteiger partial charge in [0.15, 0.2) is 0 Å². The van der Waals surface area contributed by atoms with E-state index in [1.54, 1.807) is 109 Å². The van der Waals surface area contributed by atoms with Gasteiger partial charge in [-0.3, -0.25) is 48.1 Å². The van der Waals surface area contributed by atoms with Crippen LogP contribution < -0.4 is 37.6 Å². The Kier molecular flexibility index (Phi) is 32.7. The molecule has 0 bridgehead atoms. The number of carbonyl (C=O) groups is 12. The van der Waals surface area contributed by atoms with Gasteiger partial charge in [0.2, 0.25) is 41.4 Å². The number of amides is 12. The van der Waals surface area contributed by atoms with E-state index in [9.17, 15) is 62.6 Å². The van der Waals surface area contributed by atoms with Gasteiger partial charge in [-0.1, -0.05) is 111 Å². The largest absolute Gasteiger partial charge is 0.445 e. The van der Waals surface area contributed by atoms with Crippen molar-refractivity contribution in [3.8, 4) is 0 Å². The van der Waals surface area contributed by atoms with Gasteiger partial charge < -0.3 is 71.6 Å². The average molecular weight is 1350 g/mol. The van der Waals surface area contributed by atoms with E-state index in [1.807, 2.05) is 32.0 Å². The normalized spacial score (nSPS) is 17.4. The first-order chi connectivity index (χ1) is 45.4. The number of rotatable bonds is 38. The SMILES string of the molecule is CCC(C)C(C(CC(=O)N1CCCC1C(OC)C(C)C(=O)NC(C)C(O)c1ccccc1)OC)N(C)C(=O)C(NC(=O)C(C(C)C)N(C)C(=O)OCc1ccc(NC(=O)C(CCCNC(N)=O)NC(=O)C(NC(=O)CCCCC(=O)ON2C(=O)CCC2=O)C(C)C)cc1)C(C)C. The van der Waals surface area contributed by atoms with Crippen LogP contribution in [0.15, 0.2) is 54.6 Å². The maximum Gasteiger partial charge on any atom is 0.410 e. The zero-order valence-corrected chi connectivity index (χ0v) is 58.3. The molecule has 0 saturated carbocycles. The fourth-order valence-corrected chi connectivity index (χ4v) is 12.0. The van der Waals surface area contributed by atoms with Gasteiger partial charge in [0.25, 0.3) is 11.8 Å². The molecule has 0 radical (unpaired) electrons. The number of imide groups is 1. The molecule has 0 aliphatic carbocycles. The summed E-state index contributed by atoms with van der Waals surface area (Å²) in [7, 11) is 6.05. The topological polar surface area (TPSA) is 373 Å². The van der Waals surface area contributed by atoms with Crippen LogP contribution in [-0.4, -0.2) is 192 Å². The molecule has 534 valence electrons. The van der Waals surface area contributed by atoms with Gasteiger partial charge in [-0.15, -0.1) is 5.06 Å². The van der Waals surface area contributed by atoms with Crippen molar-refractivity contribution in [2.45, 2.75) is 213 Å². The number of hydrogen-bond acceptors (Lipinski definition) is 17. The number of urea groups is 1. The van der Waals surface area contributed by atoms with Crippen LogP contribution in [0.4, 0.5) is 15.3 Å². The van der Waals surface area contributed by atoms with Crippen molar-refractivity contribution in [2.24, 2.45) is 35.3 Å². The van der Waals surface area contributed by atoms with E-state index >= 15 is 0 Å². The lowest BCUT2D eigenvalue weighted by molar-refractivity contribution is -0.197. The summed E-state index contributed by atoms with van der Waals surface area (Å²) in [6, 6.07) is 8.47. The second kappa shape index (κ2) is 39.1. The number of nitrogens with two attached hydrogens (primary N) is 1. The summed E-state index contributed by atoms with van der Waals surface area (Å²) in [4.78, 5) is 168. The van der Waals surface area contributed by atoms with E-state index in [-0.39, 0.29) is 88.7 Å². The first-order valence-electron chi connectivity index (χ1n) is 33.3. The molecule has 4 rings (SSSR count). The van der Waals surface area contributed by atoms with Gasteiger partial charge in [-0.25, -0.2) is 14.4 Å². The van der Waals surface area contributed by atoms with Crippen molar-refractivity contribution in [2.75, 3.05) is 46.7 Å². The molecule has 2 aliphatic heterocycles. The fourth-order valence-electron chi connectivity index (χ4n) is 12.0. The summed E-state index contributed by atoms with van der Waals surface area (Å²) < 4.78 is 17.7. The number of carbonyl (C=O) groups excluding carboxylic acids is 12. The smallest absolute Gasteiger partial charge is 0.410 e. The molecular weight excluding hydrogens is 1240 g/mol. The van der Waals surface area contributed by atoms with Crippen molar-refractivity contribution in [1.82, 2.24) is 46.3 Å². The molecule has 96 heavy (non-hydrogen) atoms. The van der Waals surface area contributed by atoms with E-state index in [0.717, 1.165) is 4.90 Å². The van der Waals surface area contributed by atoms with Crippen LogP contribution in [-0.2, 0) is 73.6 Å². The molecule has 2 saturated heterocycles. The predicted octanol–water partition coefficient (Wildman–Crippen LogP) is 4.76. The van der Waals surface area contributed by atoms with Crippen LogP contribution in [0, 0.1) is 29.6 Å². The number of aliphatic hydroxyl groups is 1. The third kappa shape index (κ3) is 23.5. The monoisotopic (exact) mass is 1350 g/mol. The minimum atomic E-state index is -1.16. The van der Waals surface area contributed by atoms with E-state index in [4.69, 9.17) is 24.8 Å². The fraction of sp³-hybridized carbons (Fsp3) is 0.647. The molecule has 0 aromatic heterocycles. The minimum absolute atomic E-state index is 0.0453. The number of hydrogen-bond donors (Lipinski definition) is 8. The number of methoxy groups -OCH3 is 2. The van der Waals surface area contributed by atoms with Gasteiger partial charge in [-0.2, -0.15) is 0 Å². The Labute approximate surface area is 564 Å². The Morgan fingerprint density at radius 3 is 1.91 bits per heavy atom. The Morgan fingerprint density at radius 2 is 1.33 bits per heavy atom. The number of benzene rings is 2. The molecule has 2 heterocycles. The highest BCUT2D eigenvalue weighted by atomic mass is 16.7. The summed E-state index contributed by atoms with van der Waals surface area (Å²) in [5.41, 5.74) is 6.72. The molecule has 2 fully saturated rings. The summed E-state index contributed by atoms with van der Waals surface area (Å²) >= 11 is 0. The summed E-state index contributed by atoms with van der Waals surface area (Å²) in [5, 5.41) is 27.9. The zero-order valence-electron chi connectivity index (χ0n) is 58.3. The van der Waals surface area contributed by atoms with Crippen LogP contribution in [0.25, 0.3) is 0 Å². The van der Waals surface area contributed by atoms with E-state index in [0.29, 0.717) is 47.7 Å². The Morgan fingerprint density at radius 1 is 0.708 bits per heavy atom. The summed E-state index contributed by atoms with van der Waals surface area (Å²) in [5.74, 6) is -7.61. The van der Waals surface area contributed by atoms with E-state index in [1.165, 1.54) is 21.3 Å². The minimum Gasteiger partial charge on any atom is -0.445 e. The number of nitrogens with one attached hydrogen (secondary N) is 6. The molecule has 12 amide bonds. The molecule has 28 heteroatoms.